The van der Waals surface area contributed by atoms with E-state index in [0.717, 1.165) is 29.1 Å². The molecular weight excluding hydrogens is 396 g/mol. The van der Waals surface area contributed by atoms with E-state index >= 15 is 0 Å². The quantitative estimate of drug-likeness (QED) is 0.639. The van der Waals surface area contributed by atoms with Gasteiger partial charge in [-0.1, -0.05) is 53.9 Å². The predicted octanol–water partition coefficient (Wildman–Crippen LogP) is 4.40. The fourth-order valence-corrected chi connectivity index (χ4v) is 3.58. The Morgan fingerprint density at radius 3 is 2.27 bits per heavy atom. The van der Waals surface area contributed by atoms with E-state index in [4.69, 9.17) is 0 Å². The largest absolute Gasteiger partial charge is 0.349 e. The molecule has 2 aromatic carbocycles. The molecule has 3 aromatic rings. The minimum absolute atomic E-state index is 0.212. The summed E-state index contributed by atoms with van der Waals surface area (Å²) in [5.41, 5.74) is 2.26. The fraction of sp³-hybridized carbons (Fsp3) is 0.304. The van der Waals surface area contributed by atoms with Gasteiger partial charge < -0.3 is 5.32 Å². The molecule has 0 saturated heterocycles. The number of hydrogen-bond acceptors (Lipinski definition) is 5. The minimum atomic E-state index is -0.855. The van der Waals surface area contributed by atoms with Crippen LogP contribution in [0.3, 0.4) is 0 Å². The van der Waals surface area contributed by atoms with Crippen LogP contribution in [-0.4, -0.2) is 26.9 Å². The van der Waals surface area contributed by atoms with Gasteiger partial charge in [0.1, 0.15) is 6.04 Å². The second-order valence-corrected chi connectivity index (χ2v) is 8.65. The van der Waals surface area contributed by atoms with Crippen LogP contribution >= 0.6 is 11.5 Å². The first kappa shape index (κ1) is 21.6. The van der Waals surface area contributed by atoms with Gasteiger partial charge in [-0.3, -0.25) is 14.5 Å². The van der Waals surface area contributed by atoms with Crippen LogP contribution in [0.15, 0.2) is 60.0 Å². The molecule has 0 aliphatic carbocycles. The molecule has 30 heavy (non-hydrogen) atoms. The number of rotatable bonds is 6. The van der Waals surface area contributed by atoms with E-state index in [1.165, 1.54) is 4.90 Å². The van der Waals surface area contributed by atoms with Gasteiger partial charge in [0.25, 0.3) is 5.91 Å². The van der Waals surface area contributed by atoms with Crippen molar-refractivity contribution in [2.45, 2.75) is 45.7 Å². The molecule has 0 fully saturated rings. The summed E-state index contributed by atoms with van der Waals surface area (Å²) < 4.78 is 3.83. The highest BCUT2D eigenvalue weighted by Gasteiger charge is 2.35. The third-order valence-electron chi connectivity index (χ3n) is 4.54. The van der Waals surface area contributed by atoms with Gasteiger partial charge in [-0.25, -0.2) is 0 Å². The first-order valence-electron chi connectivity index (χ1n) is 9.86. The molecule has 1 aromatic heterocycles. The highest BCUT2D eigenvalue weighted by molar-refractivity contribution is 7.03. The molecule has 7 heteroatoms. The van der Waals surface area contributed by atoms with Gasteiger partial charge in [0.05, 0.1) is 0 Å². The molecule has 0 aliphatic rings. The Morgan fingerprint density at radius 2 is 1.73 bits per heavy atom. The Bertz CT molecular complexity index is 980. The zero-order chi connectivity index (χ0) is 21.7. The Labute approximate surface area is 181 Å². The summed E-state index contributed by atoms with van der Waals surface area (Å²) in [4.78, 5) is 28.4. The molecule has 6 nitrogen and oxygen atoms in total. The van der Waals surface area contributed by atoms with Gasteiger partial charge >= 0.3 is 0 Å². The Balaban J connectivity index is 2.14. The van der Waals surface area contributed by atoms with Crippen molar-refractivity contribution in [3.05, 3.63) is 76.8 Å². The van der Waals surface area contributed by atoms with Crippen LogP contribution in [0.1, 0.15) is 55.4 Å². The van der Waals surface area contributed by atoms with E-state index in [0.29, 0.717) is 5.69 Å². The molecule has 156 valence electrons. The van der Waals surface area contributed by atoms with Crippen molar-refractivity contribution in [1.29, 1.82) is 0 Å². The molecule has 1 heterocycles. The lowest BCUT2D eigenvalue weighted by atomic mass is 10.00. The van der Waals surface area contributed by atoms with Gasteiger partial charge in [0.2, 0.25) is 5.91 Å². The summed E-state index contributed by atoms with van der Waals surface area (Å²) in [5, 5.41) is 8.57. The van der Waals surface area contributed by atoms with Crippen LogP contribution in [0.25, 0.3) is 0 Å². The summed E-state index contributed by atoms with van der Waals surface area (Å²) in [6, 6.07) is 16.1. The number of nitrogens with zero attached hydrogens (tertiary/aromatic N) is 3. The van der Waals surface area contributed by atoms with E-state index in [1.54, 1.807) is 5.38 Å². The summed E-state index contributed by atoms with van der Waals surface area (Å²) in [5.74, 6) is -0.629. The lowest BCUT2D eigenvalue weighted by molar-refractivity contribution is -0.123. The third kappa shape index (κ3) is 5.10. The van der Waals surface area contributed by atoms with E-state index in [9.17, 15) is 9.59 Å². The number of nitrogens with one attached hydrogen (secondary N) is 1. The van der Waals surface area contributed by atoms with Gasteiger partial charge in [-0.15, -0.1) is 5.10 Å². The molecule has 1 atom stereocenters. The smallest absolute Gasteiger partial charge is 0.280 e. The van der Waals surface area contributed by atoms with Crippen molar-refractivity contribution < 1.29 is 9.59 Å². The normalized spacial score (nSPS) is 12.3. The average Bonchev–Trinajstić information content (AvgIpc) is 3.26. The van der Waals surface area contributed by atoms with Crippen molar-refractivity contribution in [3.63, 3.8) is 0 Å². The lowest BCUT2D eigenvalue weighted by Gasteiger charge is -2.33. The zero-order valence-corrected chi connectivity index (χ0v) is 18.4. The van der Waals surface area contributed by atoms with Crippen LogP contribution < -0.4 is 10.2 Å². The summed E-state index contributed by atoms with van der Waals surface area (Å²) in [6.07, 6.45) is 0.886. The van der Waals surface area contributed by atoms with Crippen molar-refractivity contribution in [2.75, 3.05) is 4.90 Å². The number of amides is 2. The van der Waals surface area contributed by atoms with Gasteiger partial charge in [-0.05, 0) is 62.0 Å². The maximum atomic E-state index is 13.5. The molecule has 0 bridgehead atoms. The van der Waals surface area contributed by atoms with Gasteiger partial charge in [0, 0.05) is 16.6 Å². The van der Waals surface area contributed by atoms with Crippen LogP contribution in [0.5, 0.6) is 0 Å². The number of carbonyl (C=O) groups excluding carboxylic acids is 2. The average molecular weight is 423 g/mol. The first-order valence-corrected chi connectivity index (χ1v) is 10.7. The maximum absolute atomic E-state index is 13.5. The standard InChI is InChI=1S/C23H26N4O2S/c1-5-16-11-13-18(14-12-16)27(22(29)19-15-30-26-25-19)20(17-9-7-6-8-10-17)21(28)24-23(2,3)4/h6-15,20H,5H2,1-4H3,(H,24,28)/t20-/m0/s1. The van der Waals surface area contributed by atoms with Crippen molar-refractivity contribution in [3.8, 4) is 0 Å². The third-order valence-corrected chi connectivity index (χ3v) is 5.05. The molecular formula is C23H26N4O2S. The number of anilines is 1. The monoisotopic (exact) mass is 422 g/mol. The van der Waals surface area contributed by atoms with Crippen LogP contribution in [-0.2, 0) is 11.2 Å². The Morgan fingerprint density at radius 1 is 1.07 bits per heavy atom. The molecule has 0 spiro atoms. The lowest BCUT2D eigenvalue weighted by Crippen LogP contribution is -2.49. The van der Waals surface area contributed by atoms with Crippen LogP contribution in [0.2, 0.25) is 0 Å². The molecule has 0 radical (unpaired) electrons. The van der Waals surface area contributed by atoms with Crippen molar-refractivity contribution in [1.82, 2.24) is 14.9 Å². The second kappa shape index (κ2) is 9.17. The molecule has 0 saturated carbocycles. The van der Waals surface area contributed by atoms with E-state index < -0.39 is 11.6 Å². The second-order valence-electron chi connectivity index (χ2n) is 8.04. The SMILES string of the molecule is CCc1ccc(N(C(=O)c2csnn2)[C@H](C(=O)NC(C)(C)C)c2ccccc2)cc1. The van der Waals surface area contributed by atoms with E-state index in [2.05, 4.69) is 21.8 Å². The van der Waals surface area contributed by atoms with Crippen LogP contribution in [0.4, 0.5) is 5.69 Å². The van der Waals surface area contributed by atoms with Crippen molar-refractivity contribution >= 4 is 29.0 Å². The van der Waals surface area contributed by atoms with E-state index in [-0.39, 0.29) is 17.5 Å². The maximum Gasteiger partial charge on any atom is 0.280 e. The van der Waals surface area contributed by atoms with Gasteiger partial charge in [-0.2, -0.15) is 0 Å². The number of benzene rings is 2. The molecule has 1 N–H and O–H groups in total. The van der Waals surface area contributed by atoms with Gasteiger partial charge in [0.15, 0.2) is 5.69 Å². The Hall–Kier alpha value is -3.06. The number of aromatic nitrogens is 2. The number of hydrogen-bond donors (Lipinski definition) is 1. The zero-order valence-electron chi connectivity index (χ0n) is 17.6. The number of aryl methyl sites for hydroxylation is 1. The fourth-order valence-electron chi connectivity index (χ4n) is 3.15. The van der Waals surface area contributed by atoms with E-state index in [1.807, 2.05) is 75.4 Å². The minimum Gasteiger partial charge on any atom is -0.349 e. The summed E-state index contributed by atoms with van der Waals surface area (Å²) in [6.45, 7) is 7.82. The first-order chi connectivity index (χ1) is 14.3. The van der Waals surface area contributed by atoms with Crippen LogP contribution in [0, 0.1) is 0 Å². The van der Waals surface area contributed by atoms with Crippen molar-refractivity contribution in [2.24, 2.45) is 0 Å². The predicted molar refractivity (Wildman–Crippen MR) is 120 cm³/mol. The number of carbonyl (C=O) groups is 2. The Kier molecular flexibility index (Phi) is 6.62. The summed E-state index contributed by atoms with van der Waals surface area (Å²) >= 11 is 1.10. The topological polar surface area (TPSA) is 75.2 Å². The molecule has 2 amide bonds. The molecule has 0 unspecified atom stereocenters. The highest BCUT2D eigenvalue weighted by atomic mass is 32.1. The highest BCUT2D eigenvalue weighted by Crippen LogP contribution is 2.30. The molecule has 0 aliphatic heterocycles. The molecule has 3 rings (SSSR count). The summed E-state index contributed by atoms with van der Waals surface area (Å²) in [7, 11) is 0.